The average Bonchev–Trinajstić information content (AvgIpc) is 3.38. The molecule has 6 rings (SSSR count). The topological polar surface area (TPSA) is 34.1 Å². The second kappa shape index (κ2) is 7.79. The van der Waals surface area contributed by atoms with Crippen molar-refractivity contribution in [3.05, 3.63) is 95.1 Å². The van der Waals surface area contributed by atoms with Crippen LogP contribution in [0.15, 0.2) is 88.2 Å². The first-order valence-corrected chi connectivity index (χ1v) is 13.7. The van der Waals surface area contributed by atoms with Gasteiger partial charge in [-0.05, 0) is 77.8 Å². The zero-order chi connectivity index (χ0) is 21.7. The molecule has 3 aliphatic rings. The van der Waals surface area contributed by atoms with Crippen LogP contribution >= 0.6 is 11.8 Å². The monoisotopic (exact) mass is 456 g/mol. The van der Waals surface area contributed by atoms with E-state index in [9.17, 15) is 8.42 Å². The molecule has 0 aromatic heterocycles. The van der Waals surface area contributed by atoms with Gasteiger partial charge in [0, 0.05) is 16.2 Å². The molecule has 0 amide bonds. The Morgan fingerprint density at radius 3 is 2.47 bits per heavy atom. The molecule has 0 saturated carbocycles. The molecule has 0 bridgehead atoms. The quantitative estimate of drug-likeness (QED) is 0.418. The molecule has 1 aliphatic heterocycles. The van der Waals surface area contributed by atoms with Crippen molar-refractivity contribution in [3.63, 3.8) is 0 Å². The molecule has 32 heavy (non-hydrogen) atoms. The Morgan fingerprint density at radius 1 is 0.812 bits per heavy atom. The summed E-state index contributed by atoms with van der Waals surface area (Å²) in [7, 11) is -3.61. The Hall–Kier alpha value is -2.56. The fraction of sp³-hybridized carbons (Fsp3) is 0.214. The van der Waals surface area contributed by atoms with E-state index in [4.69, 9.17) is 0 Å². The minimum absolute atomic E-state index is 0.351. The summed E-state index contributed by atoms with van der Waals surface area (Å²) in [4.78, 5) is 1.87. The van der Waals surface area contributed by atoms with E-state index >= 15 is 0 Å². The van der Waals surface area contributed by atoms with Crippen LogP contribution in [0.4, 0.5) is 0 Å². The van der Waals surface area contributed by atoms with Crippen LogP contribution < -0.4 is 0 Å². The maximum Gasteiger partial charge on any atom is 0.207 e. The summed E-state index contributed by atoms with van der Waals surface area (Å²) in [5, 5.41) is 2.26. The van der Waals surface area contributed by atoms with Crippen LogP contribution in [0.25, 0.3) is 21.3 Å². The number of hydrogen-bond acceptors (Lipinski definition) is 3. The fourth-order valence-electron chi connectivity index (χ4n) is 5.29. The lowest BCUT2D eigenvalue weighted by atomic mass is 9.79. The standard InChI is InChI=1S/C28H24O2S2/c29-32(30,20-8-2-1-3-9-20)27-17-16-24-23-13-12-19-7-4-5-10-21(19)22(23)14-15-25(24)28(27)26-11-6-18-31-26/h1-3,5,8-11,14-17H,4,6-7,12-13,18H2. The SMILES string of the molecule is O=S(=O)(c1ccccc1)c1ccc2c3c(ccc2c1C1=CCCS1)C1=C(CCC=C1)CC3. The maximum atomic E-state index is 13.7. The first kappa shape index (κ1) is 20.1. The molecular weight excluding hydrogens is 432 g/mol. The van der Waals surface area contributed by atoms with Gasteiger partial charge in [-0.3, -0.25) is 0 Å². The lowest BCUT2D eigenvalue weighted by molar-refractivity contribution is 0.596. The summed E-state index contributed by atoms with van der Waals surface area (Å²) in [6, 6.07) is 17.1. The van der Waals surface area contributed by atoms with Crippen LogP contribution in [0.1, 0.15) is 42.4 Å². The minimum Gasteiger partial charge on any atom is -0.218 e. The van der Waals surface area contributed by atoms with Crippen molar-refractivity contribution in [1.29, 1.82) is 0 Å². The molecular formula is C28H24O2S2. The van der Waals surface area contributed by atoms with Crippen LogP contribution in [-0.2, 0) is 16.3 Å². The number of fused-ring (bicyclic) bond motifs is 4. The number of benzene rings is 3. The van der Waals surface area contributed by atoms with Crippen LogP contribution in [0.5, 0.6) is 0 Å². The average molecular weight is 457 g/mol. The van der Waals surface area contributed by atoms with E-state index in [-0.39, 0.29) is 0 Å². The van der Waals surface area contributed by atoms with Gasteiger partial charge in [0.05, 0.1) is 9.79 Å². The molecule has 0 unspecified atom stereocenters. The third kappa shape index (κ3) is 3.12. The second-order valence-electron chi connectivity index (χ2n) is 8.61. The summed E-state index contributed by atoms with van der Waals surface area (Å²) in [5.41, 5.74) is 6.53. The molecule has 0 atom stereocenters. The van der Waals surface area contributed by atoms with Gasteiger partial charge in [-0.1, -0.05) is 60.2 Å². The van der Waals surface area contributed by atoms with Crippen molar-refractivity contribution >= 4 is 42.8 Å². The summed E-state index contributed by atoms with van der Waals surface area (Å²) >= 11 is 1.77. The predicted molar refractivity (Wildman–Crippen MR) is 135 cm³/mol. The predicted octanol–water partition coefficient (Wildman–Crippen LogP) is 7.20. The number of hydrogen-bond donors (Lipinski definition) is 0. The van der Waals surface area contributed by atoms with Crippen molar-refractivity contribution in [2.75, 3.05) is 5.75 Å². The van der Waals surface area contributed by atoms with Gasteiger partial charge in [-0.25, -0.2) is 8.42 Å². The number of thioether (sulfide) groups is 1. The van der Waals surface area contributed by atoms with Gasteiger partial charge in [0.1, 0.15) is 0 Å². The van der Waals surface area contributed by atoms with Gasteiger partial charge in [0.15, 0.2) is 0 Å². The Kier molecular flexibility index (Phi) is 4.89. The molecule has 0 spiro atoms. The van der Waals surface area contributed by atoms with E-state index in [0.29, 0.717) is 9.79 Å². The van der Waals surface area contributed by atoms with Crippen molar-refractivity contribution in [2.24, 2.45) is 0 Å². The Labute approximate surface area is 193 Å². The van der Waals surface area contributed by atoms with E-state index in [1.807, 2.05) is 18.2 Å². The van der Waals surface area contributed by atoms with Gasteiger partial charge in [0.2, 0.25) is 9.84 Å². The molecule has 4 heteroatoms. The van der Waals surface area contributed by atoms with E-state index in [0.717, 1.165) is 53.7 Å². The van der Waals surface area contributed by atoms with Crippen molar-refractivity contribution in [3.8, 4) is 0 Å². The van der Waals surface area contributed by atoms with Crippen LogP contribution in [0.2, 0.25) is 0 Å². The molecule has 2 aliphatic carbocycles. The van der Waals surface area contributed by atoms with E-state index in [1.54, 1.807) is 41.6 Å². The highest BCUT2D eigenvalue weighted by Gasteiger charge is 2.28. The van der Waals surface area contributed by atoms with Gasteiger partial charge in [-0.15, -0.1) is 11.8 Å². The fourth-order valence-corrected chi connectivity index (χ4v) is 7.92. The van der Waals surface area contributed by atoms with Crippen LogP contribution in [0.3, 0.4) is 0 Å². The van der Waals surface area contributed by atoms with Crippen molar-refractivity contribution in [1.82, 2.24) is 0 Å². The Bertz CT molecular complexity index is 1440. The zero-order valence-electron chi connectivity index (χ0n) is 17.8. The van der Waals surface area contributed by atoms with E-state index in [2.05, 4.69) is 30.4 Å². The van der Waals surface area contributed by atoms with Crippen molar-refractivity contribution < 1.29 is 8.42 Å². The van der Waals surface area contributed by atoms with Crippen LogP contribution in [0, 0.1) is 0 Å². The minimum atomic E-state index is -3.61. The first-order valence-electron chi connectivity index (χ1n) is 11.3. The highest BCUT2D eigenvalue weighted by Crippen LogP contribution is 2.46. The number of aryl methyl sites for hydroxylation is 1. The number of sulfone groups is 1. The summed E-state index contributed by atoms with van der Waals surface area (Å²) < 4.78 is 27.4. The Balaban J connectivity index is 1.63. The van der Waals surface area contributed by atoms with E-state index < -0.39 is 9.84 Å². The normalized spacial score (nSPS) is 17.9. The van der Waals surface area contributed by atoms with Gasteiger partial charge >= 0.3 is 0 Å². The number of allylic oxidation sites excluding steroid dienone is 5. The summed E-state index contributed by atoms with van der Waals surface area (Å²) in [6.45, 7) is 0. The largest absolute Gasteiger partial charge is 0.218 e. The van der Waals surface area contributed by atoms with Gasteiger partial charge in [0.25, 0.3) is 0 Å². The molecule has 0 radical (unpaired) electrons. The maximum absolute atomic E-state index is 13.7. The lowest BCUT2D eigenvalue weighted by Crippen LogP contribution is -2.09. The smallest absolute Gasteiger partial charge is 0.207 e. The summed E-state index contributed by atoms with van der Waals surface area (Å²) in [6.07, 6.45) is 12.2. The molecule has 160 valence electrons. The molecule has 0 N–H and O–H groups in total. The molecule has 0 fully saturated rings. The van der Waals surface area contributed by atoms with Crippen LogP contribution in [-0.4, -0.2) is 14.2 Å². The van der Waals surface area contributed by atoms with E-state index in [1.165, 1.54) is 22.1 Å². The molecule has 3 aromatic rings. The highest BCUT2D eigenvalue weighted by molar-refractivity contribution is 8.08. The molecule has 2 nitrogen and oxygen atoms in total. The van der Waals surface area contributed by atoms with Gasteiger partial charge in [-0.2, -0.15) is 0 Å². The Morgan fingerprint density at radius 2 is 1.66 bits per heavy atom. The molecule has 0 saturated heterocycles. The third-order valence-electron chi connectivity index (χ3n) is 6.81. The summed E-state index contributed by atoms with van der Waals surface area (Å²) in [5.74, 6) is 1.00. The molecule has 3 aromatic carbocycles. The second-order valence-corrected chi connectivity index (χ2v) is 11.7. The van der Waals surface area contributed by atoms with Gasteiger partial charge < -0.3 is 0 Å². The zero-order valence-corrected chi connectivity index (χ0v) is 19.4. The lowest BCUT2D eigenvalue weighted by Gasteiger charge is -2.26. The molecule has 1 heterocycles. The van der Waals surface area contributed by atoms with Crippen molar-refractivity contribution in [2.45, 2.75) is 41.9 Å². The third-order valence-corrected chi connectivity index (χ3v) is 9.75. The highest BCUT2D eigenvalue weighted by atomic mass is 32.2. The first-order chi connectivity index (χ1) is 15.6. The number of rotatable bonds is 3.